The third kappa shape index (κ3) is 3.31. The van der Waals surface area contributed by atoms with E-state index in [-0.39, 0.29) is 24.1 Å². The molecule has 0 atom stereocenters. The van der Waals surface area contributed by atoms with E-state index < -0.39 is 0 Å². The summed E-state index contributed by atoms with van der Waals surface area (Å²) in [5, 5.41) is 0. The first kappa shape index (κ1) is 13.1. The molecule has 0 N–H and O–H groups in total. The number of carbonyl (C=O) groups is 3. The summed E-state index contributed by atoms with van der Waals surface area (Å²) in [5.41, 5.74) is 0. The number of Topliss-reactive ketones (excluding diaryl/α,β-unsaturated/α-hetero) is 1. The highest BCUT2D eigenvalue weighted by Gasteiger charge is 2.24. The highest BCUT2D eigenvalue weighted by Crippen LogP contribution is 2.12. The Morgan fingerprint density at radius 3 is 2.39 bits per heavy atom. The molecule has 0 aromatic carbocycles. The Bertz CT molecular complexity index is 344. The SMILES string of the molecule is O=C1CCN(C(=O)CN2CCCCCC2=O)CC1. The van der Waals surface area contributed by atoms with Gasteiger partial charge in [-0.25, -0.2) is 0 Å². The zero-order chi connectivity index (χ0) is 13.0. The number of nitrogens with zero attached hydrogens (tertiary/aromatic N) is 2. The Balaban J connectivity index is 1.85. The maximum atomic E-state index is 12.1. The minimum absolute atomic E-state index is 0.0160. The van der Waals surface area contributed by atoms with Gasteiger partial charge in [0.05, 0.1) is 6.54 Å². The first-order chi connectivity index (χ1) is 8.66. The molecule has 100 valence electrons. The van der Waals surface area contributed by atoms with Crippen molar-refractivity contribution in [1.82, 2.24) is 9.80 Å². The molecule has 2 aliphatic heterocycles. The lowest BCUT2D eigenvalue weighted by Crippen LogP contribution is -2.45. The lowest BCUT2D eigenvalue weighted by atomic mass is 10.1. The molecule has 0 bridgehead atoms. The van der Waals surface area contributed by atoms with Crippen LogP contribution in [0.5, 0.6) is 0 Å². The van der Waals surface area contributed by atoms with Gasteiger partial charge in [-0.1, -0.05) is 6.42 Å². The van der Waals surface area contributed by atoms with E-state index >= 15 is 0 Å². The topological polar surface area (TPSA) is 57.7 Å². The molecule has 0 saturated carbocycles. The van der Waals surface area contributed by atoms with Crippen molar-refractivity contribution in [3.63, 3.8) is 0 Å². The molecule has 0 spiro atoms. The van der Waals surface area contributed by atoms with Crippen molar-refractivity contribution in [2.75, 3.05) is 26.2 Å². The quantitative estimate of drug-likeness (QED) is 0.722. The van der Waals surface area contributed by atoms with Crippen molar-refractivity contribution in [2.24, 2.45) is 0 Å². The van der Waals surface area contributed by atoms with Gasteiger partial charge >= 0.3 is 0 Å². The van der Waals surface area contributed by atoms with Gasteiger partial charge < -0.3 is 9.80 Å². The second kappa shape index (κ2) is 5.98. The van der Waals surface area contributed by atoms with E-state index in [9.17, 15) is 14.4 Å². The Kier molecular flexibility index (Phi) is 4.33. The van der Waals surface area contributed by atoms with Crippen LogP contribution in [0.2, 0.25) is 0 Å². The van der Waals surface area contributed by atoms with Crippen LogP contribution >= 0.6 is 0 Å². The van der Waals surface area contributed by atoms with Crippen molar-refractivity contribution < 1.29 is 14.4 Å². The molecule has 2 fully saturated rings. The summed E-state index contributed by atoms with van der Waals surface area (Å²) in [6.45, 7) is 1.91. The summed E-state index contributed by atoms with van der Waals surface area (Å²) in [7, 11) is 0. The molecule has 2 rings (SSSR count). The Hall–Kier alpha value is -1.39. The van der Waals surface area contributed by atoms with Crippen LogP contribution in [-0.4, -0.2) is 53.6 Å². The van der Waals surface area contributed by atoms with Gasteiger partial charge in [-0.2, -0.15) is 0 Å². The van der Waals surface area contributed by atoms with E-state index in [1.165, 1.54) is 0 Å². The van der Waals surface area contributed by atoms with Crippen LogP contribution in [0, 0.1) is 0 Å². The monoisotopic (exact) mass is 252 g/mol. The summed E-state index contributed by atoms with van der Waals surface area (Å²) >= 11 is 0. The molecule has 2 heterocycles. The van der Waals surface area contributed by atoms with Crippen molar-refractivity contribution in [3.05, 3.63) is 0 Å². The van der Waals surface area contributed by atoms with E-state index in [2.05, 4.69) is 0 Å². The van der Waals surface area contributed by atoms with Crippen LogP contribution in [0.15, 0.2) is 0 Å². The molecule has 5 nitrogen and oxygen atoms in total. The average molecular weight is 252 g/mol. The van der Waals surface area contributed by atoms with Crippen LogP contribution in [-0.2, 0) is 14.4 Å². The standard InChI is InChI=1S/C13H20N2O3/c16-11-5-8-14(9-6-11)13(18)10-15-7-3-1-2-4-12(15)17/h1-10H2. The largest absolute Gasteiger partial charge is 0.340 e. The number of likely N-dealkylation sites (tertiary alicyclic amines) is 2. The summed E-state index contributed by atoms with van der Waals surface area (Å²) in [5.74, 6) is 0.302. The number of ketones is 1. The van der Waals surface area contributed by atoms with Crippen LogP contribution in [0.3, 0.4) is 0 Å². The number of hydrogen-bond acceptors (Lipinski definition) is 3. The molecule has 2 aliphatic rings. The average Bonchev–Trinajstić information content (AvgIpc) is 2.56. The summed E-state index contributed by atoms with van der Waals surface area (Å²) in [4.78, 5) is 38.3. The van der Waals surface area contributed by atoms with Gasteiger partial charge in [0.25, 0.3) is 0 Å². The highest BCUT2D eigenvalue weighted by molar-refractivity contribution is 5.87. The number of piperidine rings is 1. The molecule has 5 heteroatoms. The molecule has 0 aromatic rings. The molecular weight excluding hydrogens is 232 g/mol. The van der Waals surface area contributed by atoms with E-state index in [0.29, 0.717) is 38.9 Å². The molecular formula is C13H20N2O3. The highest BCUT2D eigenvalue weighted by atomic mass is 16.2. The van der Waals surface area contributed by atoms with E-state index in [4.69, 9.17) is 0 Å². The molecule has 2 amide bonds. The smallest absolute Gasteiger partial charge is 0.242 e. The number of hydrogen-bond donors (Lipinski definition) is 0. The van der Waals surface area contributed by atoms with Crippen molar-refractivity contribution >= 4 is 17.6 Å². The minimum Gasteiger partial charge on any atom is -0.340 e. The van der Waals surface area contributed by atoms with Gasteiger partial charge in [0, 0.05) is 38.9 Å². The van der Waals surface area contributed by atoms with E-state index in [1.807, 2.05) is 0 Å². The zero-order valence-electron chi connectivity index (χ0n) is 10.7. The predicted octanol–water partition coefficient (Wildman–Crippen LogP) is 0.580. The third-order valence-corrected chi connectivity index (χ3v) is 3.67. The number of carbonyl (C=O) groups excluding carboxylic acids is 3. The molecule has 0 aromatic heterocycles. The Morgan fingerprint density at radius 1 is 0.944 bits per heavy atom. The second-order valence-electron chi connectivity index (χ2n) is 5.05. The summed E-state index contributed by atoms with van der Waals surface area (Å²) in [6.07, 6.45) is 4.46. The van der Waals surface area contributed by atoms with Crippen molar-refractivity contribution in [3.8, 4) is 0 Å². The van der Waals surface area contributed by atoms with Crippen LogP contribution < -0.4 is 0 Å². The third-order valence-electron chi connectivity index (χ3n) is 3.67. The Morgan fingerprint density at radius 2 is 1.67 bits per heavy atom. The number of rotatable bonds is 2. The van der Waals surface area contributed by atoms with Gasteiger partial charge in [0.2, 0.25) is 11.8 Å². The number of amides is 2. The second-order valence-corrected chi connectivity index (χ2v) is 5.05. The van der Waals surface area contributed by atoms with E-state index in [0.717, 1.165) is 19.3 Å². The van der Waals surface area contributed by atoms with Gasteiger partial charge in [-0.3, -0.25) is 14.4 Å². The van der Waals surface area contributed by atoms with Gasteiger partial charge in [-0.05, 0) is 12.8 Å². The normalized spacial score (nSPS) is 22.0. The zero-order valence-corrected chi connectivity index (χ0v) is 10.7. The van der Waals surface area contributed by atoms with Crippen LogP contribution in [0.4, 0.5) is 0 Å². The predicted molar refractivity (Wildman–Crippen MR) is 65.9 cm³/mol. The fourth-order valence-electron chi connectivity index (χ4n) is 2.47. The lowest BCUT2D eigenvalue weighted by Gasteiger charge is -2.29. The fourth-order valence-corrected chi connectivity index (χ4v) is 2.47. The molecule has 18 heavy (non-hydrogen) atoms. The molecule has 0 unspecified atom stereocenters. The van der Waals surface area contributed by atoms with Crippen LogP contribution in [0.25, 0.3) is 0 Å². The minimum atomic E-state index is -0.0160. The maximum Gasteiger partial charge on any atom is 0.242 e. The lowest BCUT2D eigenvalue weighted by molar-refractivity contribution is -0.141. The van der Waals surface area contributed by atoms with Gasteiger partial charge in [0.15, 0.2) is 0 Å². The van der Waals surface area contributed by atoms with Crippen LogP contribution in [0.1, 0.15) is 38.5 Å². The van der Waals surface area contributed by atoms with Crippen molar-refractivity contribution in [1.29, 1.82) is 0 Å². The van der Waals surface area contributed by atoms with Crippen molar-refractivity contribution in [2.45, 2.75) is 38.5 Å². The summed E-state index contributed by atoms with van der Waals surface area (Å²) in [6, 6.07) is 0. The first-order valence-corrected chi connectivity index (χ1v) is 6.74. The first-order valence-electron chi connectivity index (χ1n) is 6.74. The maximum absolute atomic E-state index is 12.1. The van der Waals surface area contributed by atoms with Gasteiger partial charge in [-0.15, -0.1) is 0 Å². The molecule has 2 saturated heterocycles. The Labute approximate surface area is 107 Å². The van der Waals surface area contributed by atoms with Gasteiger partial charge in [0.1, 0.15) is 5.78 Å². The van der Waals surface area contributed by atoms with E-state index in [1.54, 1.807) is 9.80 Å². The molecule has 0 radical (unpaired) electrons. The molecule has 0 aliphatic carbocycles. The summed E-state index contributed by atoms with van der Waals surface area (Å²) < 4.78 is 0. The fraction of sp³-hybridized carbons (Fsp3) is 0.769.